The van der Waals surface area contributed by atoms with Crippen LogP contribution in [0.5, 0.6) is 11.5 Å². The lowest BCUT2D eigenvalue weighted by Gasteiger charge is -2.57. The number of rotatable bonds is 5. The van der Waals surface area contributed by atoms with Crippen LogP contribution in [-0.2, 0) is 15.0 Å². The maximum absolute atomic E-state index is 13.4. The van der Waals surface area contributed by atoms with Crippen LogP contribution in [0.1, 0.15) is 49.7 Å². The van der Waals surface area contributed by atoms with Crippen molar-refractivity contribution in [3.8, 4) is 11.5 Å². The summed E-state index contributed by atoms with van der Waals surface area (Å²) in [5.74, 6) is 2.18. The number of carbonyl (C=O) groups is 3. The van der Waals surface area contributed by atoms with Gasteiger partial charge in [0.2, 0.25) is 0 Å². The molecule has 0 atom stereocenters. The van der Waals surface area contributed by atoms with Crippen molar-refractivity contribution in [1.29, 1.82) is 0 Å². The van der Waals surface area contributed by atoms with Gasteiger partial charge in [-0.2, -0.15) is 0 Å². The highest BCUT2D eigenvalue weighted by atomic mass is 127. The molecule has 4 saturated carbocycles. The minimum absolute atomic E-state index is 0.118. The van der Waals surface area contributed by atoms with E-state index in [1.165, 1.54) is 57.3 Å². The molecule has 5 fully saturated rings. The van der Waals surface area contributed by atoms with Gasteiger partial charge in [-0.15, -0.1) is 0 Å². The molecule has 1 saturated heterocycles. The number of carbonyl (C=O) groups excluding carboxylic acids is 3. The third-order valence-corrected chi connectivity index (χ3v) is 9.45. The van der Waals surface area contributed by atoms with Gasteiger partial charge in [-0.25, -0.2) is 9.69 Å². The minimum Gasteiger partial charge on any atom is -0.493 e. The molecule has 0 aromatic heterocycles. The first-order valence-corrected chi connectivity index (χ1v) is 13.8. The Hall–Kier alpha value is -2.88. The highest BCUT2D eigenvalue weighted by molar-refractivity contribution is 14.1. The number of anilines is 1. The van der Waals surface area contributed by atoms with E-state index >= 15 is 0 Å². The summed E-state index contributed by atoms with van der Waals surface area (Å²) in [6.07, 6.45) is 9.34. The first kappa shape index (κ1) is 24.5. The van der Waals surface area contributed by atoms with Crippen LogP contribution < -0.4 is 19.7 Å². The second-order valence-corrected chi connectivity index (χ2v) is 12.1. The Balaban J connectivity index is 1.30. The number of methoxy groups -OCH3 is 2. The van der Waals surface area contributed by atoms with Crippen molar-refractivity contribution >= 4 is 52.2 Å². The van der Waals surface area contributed by atoms with E-state index in [1.54, 1.807) is 19.2 Å². The van der Waals surface area contributed by atoms with Gasteiger partial charge in [0.1, 0.15) is 5.57 Å². The zero-order chi connectivity index (χ0) is 25.9. The average molecular weight is 612 g/mol. The third-order valence-electron chi connectivity index (χ3n) is 8.64. The lowest BCUT2D eigenvalue weighted by atomic mass is 9.48. The summed E-state index contributed by atoms with van der Waals surface area (Å²) >= 11 is 2.11. The van der Waals surface area contributed by atoms with Gasteiger partial charge in [-0.1, -0.05) is 12.1 Å². The summed E-state index contributed by atoms with van der Waals surface area (Å²) in [4.78, 5) is 39.9. The molecule has 1 heterocycles. The van der Waals surface area contributed by atoms with Crippen LogP contribution in [0.4, 0.5) is 10.5 Å². The predicted molar refractivity (Wildman–Crippen MR) is 148 cm³/mol. The summed E-state index contributed by atoms with van der Waals surface area (Å²) in [6.45, 7) is 0. The number of benzene rings is 2. The van der Waals surface area contributed by atoms with E-state index in [0.717, 1.165) is 26.2 Å². The van der Waals surface area contributed by atoms with Gasteiger partial charge in [0.05, 0.1) is 23.5 Å². The Kier molecular flexibility index (Phi) is 6.05. The number of amides is 4. The zero-order valence-electron chi connectivity index (χ0n) is 20.9. The largest absolute Gasteiger partial charge is 0.493 e. The number of halogens is 1. The molecule has 37 heavy (non-hydrogen) atoms. The monoisotopic (exact) mass is 612 g/mol. The quantitative estimate of drug-likeness (QED) is 0.276. The molecule has 4 aliphatic carbocycles. The molecule has 0 unspecified atom stereocenters. The van der Waals surface area contributed by atoms with E-state index in [4.69, 9.17) is 9.47 Å². The maximum Gasteiger partial charge on any atom is 0.335 e. The molecule has 2 aromatic carbocycles. The second kappa shape index (κ2) is 9.15. The number of hydrogen-bond acceptors (Lipinski definition) is 5. The van der Waals surface area contributed by atoms with Crippen LogP contribution in [0, 0.1) is 21.3 Å². The number of ether oxygens (including phenoxy) is 2. The zero-order valence-corrected chi connectivity index (χ0v) is 23.0. The molecule has 192 valence electrons. The number of imide groups is 2. The topological polar surface area (TPSA) is 84.9 Å². The first-order valence-electron chi connectivity index (χ1n) is 12.7. The normalized spacial score (nSPS) is 29.6. The van der Waals surface area contributed by atoms with Crippen molar-refractivity contribution in [2.75, 3.05) is 19.1 Å². The van der Waals surface area contributed by atoms with Crippen molar-refractivity contribution in [3.05, 3.63) is 56.7 Å². The molecule has 2 aromatic rings. The van der Waals surface area contributed by atoms with E-state index < -0.39 is 17.8 Å². The van der Waals surface area contributed by atoms with Gasteiger partial charge in [-0.05, 0) is 126 Å². The Morgan fingerprint density at radius 3 is 2.14 bits per heavy atom. The molecule has 1 N–H and O–H groups in total. The Labute approximate surface area is 229 Å². The fourth-order valence-corrected chi connectivity index (χ4v) is 8.35. The standard InChI is InChI=1S/C29H29IN2O5/c1-36-24-12-16(11-23(30)25(24)37-2)10-22-26(33)31-28(35)32(27(22)34)21-5-3-20(4-6-21)29-13-17-7-18(14-29)9-19(8-17)15-29/h3-6,10-12,17-19H,7-9,13-15H2,1-2H3,(H,31,33,35)/b22-10+. The Morgan fingerprint density at radius 2 is 1.57 bits per heavy atom. The lowest BCUT2D eigenvalue weighted by Crippen LogP contribution is -2.54. The lowest BCUT2D eigenvalue weighted by molar-refractivity contribution is -0.122. The van der Waals surface area contributed by atoms with Gasteiger partial charge >= 0.3 is 6.03 Å². The van der Waals surface area contributed by atoms with E-state index in [-0.39, 0.29) is 11.0 Å². The van der Waals surface area contributed by atoms with E-state index in [1.807, 2.05) is 12.1 Å². The van der Waals surface area contributed by atoms with Crippen LogP contribution >= 0.6 is 22.6 Å². The second-order valence-electron chi connectivity index (χ2n) is 10.9. The molecule has 4 amide bonds. The highest BCUT2D eigenvalue weighted by Gasteiger charge is 2.51. The molecule has 0 spiro atoms. The van der Waals surface area contributed by atoms with Gasteiger partial charge in [0.25, 0.3) is 11.8 Å². The molecule has 7 nitrogen and oxygen atoms in total. The summed E-state index contributed by atoms with van der Waals surface area (Å²) in [5, 5.41) is 2.32. The highest BCUT2D eigenvalue weighted by Crippen LogP contribution is 2.60. The summed E-state index contributed by atoms with van der Waals surface area (Å²) in [5.41, 5.74) is 2.47. The van der Waals surface area contributed by atoms with Crippen molar-refractivity contribution < 1.29 is 23.9 Å². The van der Waals surface area contributed by atoms with Crippen LogP contribution in [-0.4, -0.2) is 32.1 Å². The summed E-state index contributed by atoms with van der Waals surface area (Å²) in [7, 11) is 3.07. The number of urea groups is 1. The molecule has 0 radical (unpaired) electrons. The van der Waals surface area contributed by atoms with Gasteiger partial charge in [-0.3, -0.25) is 14.9 Å². The summed E-state index contributed by atoms with van der Waals surface area (Å²) in [6, 6.07) is 10.6. The number of nitrogens with zero attached hydrogens (tertiary/aromatic N) is 1. The molecule has 5 aliphatic rings. The third kappa shape index (κ3) is 4.13. The van der Waals surface area contributed by atoms with Gasteiger partial charge < -0.3 is 9.47 Å². The minimum atomic E-state index is -0.739. The fraction of sp³-hybridized carbons (Fsp3) is 0.414. The van der Waals surface area contributed by atoms with Gasteiger partial charge in [0, 0.05) is 0 Å². The number of barbiturate groups is 1. The Bertz CT molecular complexity index is 1300. The maximum atomic E-state index is 13.4. The number of hydrogen-bond donors (Lipinski definition) is 1. The van der Waals surface area contributed by atoms with Crippen molar-refractivity contribution in [3.63, 3.8) is 0 Å². The molecule has 8 heteroatoms. The van der Waals surface area contributed by atoms with Crippen molar-refractivity contribution in [2.24, 2.45) is 17.8 Å². The molecular weight excluding hydrogens is 583 g/mol. The van der Waals surface area contributed by atoms with Crippen molar-refractivity contribution in [1.82, 2.24) is 5.32 Å². The van der Waals surface area contributed by atoms with Crippen LogP contribution in [0.15, 0.2) is 42.0 Å². The van der Waals surface area contributed by atoms with E-state index in [2.05, 4.69) is 40.0 Å². The smallest absolute Gasteiger partial charge is 0.335 e. The molecule has 7 rings (SSSR count). The SMILES string of the molecule is COc1cc(/C=C2\C(=O)NC(=O)N(c3ccc(C45CC6CC(CC(C6)C4)C5)cc3)C2=O)cc(I)c1OC. The average Bonchev–Trinajstić information content (AvgIpc) is 2.85. The molecule has 4 bridgehead atoms. The Morgan fingerprint density at radius 1 is 0.946 bits per heavy atom. The van der Waals surface area contributed by atoms with Crippen LogP contribution in [0.2, 0.25) is 0 Å². The first-order chi connectivity index (χ1) is 17.8. The number of nitrogens with one attached hydrogen (secondary N) is 1. The summed E-state index contributed by atoms with van der Waals surface area (Å²) < 4.78 is 11.5. The molecule has 1 aliphatic heterocycles. The van der Waals surface area contributed by atoms with E-state index in [9.17, 15) is 14.4 Å². The predicted octanol–water partition coefficient (Wildman–Crippen LogP) is 5.44. The molecular formula is C29H29IN2O5. The van der Waals surface area contributed by atoms with Crippen molar-refractivity contribution in [2.45, 2.75) is 43.9 Å². The van der Waals surface area contributed by atoms with Gasteiger partial charge in [0.15, 0.2) is 11.5 Å². The van der Waals surface area contributed by atoms with Crippen LogP contribution in [0.25, 0.3) is 6.08 Å². The fourth-order valence-electron chi connectivity index (χ4n) is 7.51. The van der Waals surface area contributed by atoms with E-state index in [0.29, 0.717) is 22.7 Å². The van der Waals surface area contributed by atoms with Crippen LogP contribution in [0.3, 0.4) is 0 Å².